The van der Waals surface area contributed by atoms with Crippen molar-refractivity contribution < 1.29 is 9.84 Å². The maximum absolute atomic E-state index is 9.36. The maximum Gasteiger partial charge on any atom is 0.119 e. The van der Waals surface area contributed by atoms with E-state index in [4.69, 9.17) is 16.3 Å². The number of halogens is 1. The molecule has 1 N–H and O–H groups in total. The van der Waals surface area contributed by atoms with Crippen LogP contribution in [0.4, 0.5) is 0 Å². The number of hydrogen-bond acceptors (Lipinski definition) is 3. The van der Waals surface area contributed by atoms with Gasteiger partial charge in [0.05, 0.1) is 6.61 Å². The fourth-order valence-corrected chi connectivity index (χ4v) is 2.60. The van der Waals surface area contributed by atoms with Crippen molar-refractivity contribution in [1.29, 1.82) is 0 Å². The molecular formula is C14H20ClNO2. The van der Waals surface area contributed by atoms with E-state index in [1.807, 2.05) is 24.3 Å². The van der Waals surface area contributed by atoms with Crippen LogP contribution >= 0.6 is 11.6 Å². The Bertz CT molecular complexity index is 369. The fourth-order valence-electron chi connectivity index (χ4n) is 2.47. The predicted octanol–water partition coefficient (Wildman–Crippen LogP) is 2.42. The second kappa shape index (κ2) is 6.41. The van der Waals surface area contributed by atoms with Crippen molar-refractivity contribution in [3.63, 3.8) is 0 Å². The Hall–Kier alpha value is -0.770. The lowest BCUT2D eigenvalue weighted by Gasteiger charge is -2.24. The number of nitrogens with zero attached hydrogens (tertiary/aromatic N) is 1. The third-order valence-electron chi connectivity index (χ3n) is 3.65. The molecule has 1 aromatic carbocycles. The van der Waals surface area contributed by atoms with Gasteiger partial charge in [0.15, 0.2) is 0 Å². The van der Waals surface area contributed by atoms with Crippen LogP contribution in [0.1, 0.15) is 13.3 Å². The SMILES string of the molecule is CC1CCN(CCOc2ccc(Cl)cc2)C1CO. The molecule has 4 heteroatoms. The lowest BCUT2D eigenvalue weighted by Crippen LogP contribution is -2.37. The molecule has 1 aliphatic rings. The van der Waals surface area contributed by atoms with E-state index < -0.39 is 0 Å². The molecule has 100 valence electrons. The third kappa shape index (κ3) is 3.37. The Balaban J connectivity index is 1.77. The summed E-state index contributed by atoms with van der Waals surface area (Å²) in [5.74, 6) is 1.41. The molecule has 0 amide bonds. The van der Waals surface area contributed by atoms with Crippen LogP contribution in [0.3, 0.4) is 0 Å². The summed E-state index contributed by atoms with van der Waals surface area (Å²) in [5, 5.41) is 10.1. The molecule has 0 bridgehead atoms. The molecule has 2 atom stereocenters. The van der Waals surface area contributed by atoms with Crippen molar-refractivity contribution >= 4 is 11.6 Å². The highest BCUT2D eigenvalue weighted by Crippen LogP contribution is 2.23. The van der Waals surface area contributed by atoms with Gasteiger partial charge in [0.1, 0.15) is 12.4 Å². The summed E-state index contributed by atoms with van der Waals surface area (Å²) in [4.78, 5) is 2.31. The molecule has 1 fully saturated rings. The molecule has 0 spiro atoms. The summed E-state index contributed by atoms with van der Waals surface area (Å²) in [6, 6.07) is 7.69. The molecule has 0 aromatic heterocycles. The Morgan fingerprint density at radius 2 is 2.11 bits per heavy atom. The minimum atomic E-state index is 0.238. The minimum absolute atomic E-state index is 0.238. The zero-order valence-corrected chi connectivity index (χ0v) is 11.4. The molecule has 2 unspecified atom stereocenters. The van der Waals surface area contributed by atoms with E-state index in [1.54, 1.807) is 0 Å². The third-order valence-corrected chi connectivity index (χ3v) is 3.90. The standard InChI is InChI=1S/C14H20ClNO2/c1-11-6-7-16(14(11)10-17)8-9-18-13-4-2-12(15)3-5-13/h2-5,11,14,17H,6-10H2,1H3. The summed E-state index contributed by atoms with van der Waals surface area (Å²) in [6.45, 7) is 4.99. The van der Waals surface area contributed by atoms with Crippen molar-refractivity contribution in [2.75, 3.05) is 26.3 Å². The van der Waals surface area contributed by atoms with Crippen molar-refractivity contribution in [1.82, 2.24) is 4.90 Å². The molecule has 0 saturated carbocycles. The van der Waals surface area contributed by atoms with Crippen molar-refractivity contribution in [2.45, 2.75) is 19.4 Å². The lowest BCUT2D eigenvalue weighted by molar-refractivity contribution is 0.123. The number of aliphatic hydroxyl groups is 1. The van der Waals surface area contributed by atoms with Crippen LogP contribution in [0.5, 0.6) is 5.75 Å². The van der Waals surface area contributed by atoms with Gasteiger partial charge in [0.25, 0.3) is 0 Å². The van der Waals surface area contributed by atoms with Crippen LogP contribution in [0.2, 0.25) is 5.02 Å². The topological polar surface area (TPSA) is 32.7 Å². The van der Waals surface area contributed by atoms with Gasteiger partial charge in [-0.3, -0.25) is 4.90 Å². The van der Waals surface area contributed by atoms with E-state index in [2.05, 4.69) is 11.8 Å². The van der Waals surface area contributed by atoms with Gasteiger partial charge in [-0.2, -0.15) is 0 Å². The van der Waals surface area contributed by atoms with Crippen LogP contribution in [0, 0.1) is 5.92 Å². The van der Waals surface area contributed by atoms with E-state index in [0.717, 1.165) is 30.3 Å². The van der Waals surface area contributed by atoms with Crippen molar-refractivity contribution in [3.8, 4) is 5.75 Å². The molecule has 3 nitrogen and oxygen atoms in total. The smallest absolute Gasteiger partial charge is 0.119 e. The molecule has 2 rings (SSSR count). The molecule has 1 heterocycles. The number of likely N-dealkylation sites (tertiary alicyclic amines) is 1. The summed E-state index contributed by atoms with van der Waals surface area (Å²) < 4.78 is 5.67. The summed E-state index contributed by atoms with van der Waals surface area (Å²) in [5.41, 5.74) is 0. The van der Waals surface area contributed by atoms with Crippen LogP contribution in [0.25, 0.3) is 0 Å². The first-order valence-corrected chi connectivity index (χ1v) is 6.82. The van der Waals surface area contributed by atoms with Gasteiger partial charge < -0.3 is 9.84 Å². The van der Waals surface area contributed by atoms with E-state index >= 15 is 0 Å². The number of aliphatic hydroxyl groups excluding tert-OH is 1. The number of rotatable bonds is 5. The first kappa shape index (κ1) is 13.7. The fraction of sp³-hybridized carbons (Fsp3) is 0.571. The lowest BCUT2D eigenvalue weighted by atomic mass is 10.0. The average Bonchev–Trinajstić information content (AvgIpc) is 2.72. The Morgan fingerprint density at radius 3 is 2.78 bits per heavy atom. The Labute approximate surface area is 113 Å². The first-order chi connectivity index (χ1) is 8.70. The highest BCUT2D eigenvalue weighted by molar-refractivity contribution is 6.30. The Morgan fingerprint density at radius 1 is 1.39 bits per heavy atom. The maximum atomic E-state index is 9.36. The van der Waals surface area contributed by atoms with E-state index in [0.29, 0.717) is 18.6 Å². The highest BCUT2D eigenvalue weighted by Gasteiger charge is 2.29. The van der Waals surface area contributed by atoms with E-state index in [9.17, 15) is 5.11 Å². The van der Waals surface area contributed by atoms with Crippen molar-refractivity contribution in [2.24, 2.45) is 5.92 Å². The monoisotopic (exact) mass is 269 g/mol. The van der Waals surface area contributed by atoms with Crippen LogP contribution in [-0.2, 0) is 0 Å². The van der Waals surface area contributed by atoms with Crippen LogP contribution in [0.15, 0.2) is 24.3 Å². The van der Waals surface area contributed by atoms with Gasteiger partial charge in [-0.1, -0.05) is 18.5 Å². The average molecular weight is 270 g/mol. The van der Waals surface area contributed by atoms with Crippen LogP contribution in [-0.4, -0.2) is 42.4 Å². The zero-order valence-electron chi connectivity index (χ0n) is 10.7. The molecule has 1 saturated heterocycles. The van der Waals surface area contributed by atoms with E-state index in [1.165, 1.54) is 0 Å². The van der Waals surface area contributed by atoms with Gasteiger partial charge in [0.2, 0.25) is 0 Å². The first-order valence-electron chi connectivity index (χ1n) is 6.44. The second-order valence-corrected chi connectivity index (χ2v) is 5.29. The number of benzene rings is 1. The predicted molar refractivity (Wildman–Crippen MR) is 73.2 cm³/mol. The molecule has 0 radical (unpaired) electrons. The van der Waals surface area contributed by atoms with Crippen molar-refractivity contribution in [3.05, 3.63) is 29.3 Å². The highest BCUT2D eigenvalue weighted by atomic mass is 35.5. The number of hydrogen-bond donors (Lipinski definition) is 1. The Kier molecular flexibility index (Phi) is 4.87. The molecule has 1 aliphatic heterocycles. The largest absolute Gasteiger partial charge is 0.492 e. The van der Waals surface area contributed by atoms with Gasteiger partial charge in [0, 0.05) is 17.6 Å². The van der Waals surface area contributed by atoms with Gasteiger partial charge in [-0.15, -0.1) is 0 Å². The number of ether oxygens (including phenoxy) is 1. The van der Waals surface area contributed by atoms with Gasteiger partial charge >= 0.3 is 0 Å². The van der Waals surface area contributed by atoms with Gasteiger partial charge in [-0.25, -0.2) is 0 Å². The van der Waals surface area contributed by atoms with E-state index in [-0.39, 0.29) is 6.61 Å². The van der Waals surface area contributed by atoms with Crippen LogP contribution < -0.4 is 4.74 Å². The summed E-state index contributed by atoms with van der Waals surface area (Å²) in [6.07, 6.45) is 1.16. The zero-order chi connectivity index (χ0) is 13.0. The molecule has 1 aromatic rings. The molecule has 18 heavy (non-hydrogen) atoms. The summed E-state index contributed by atoms with van der Waals surface area (Å²) in [7, 11) is 0. The molecule has 0 aliphatic carbocycles. The normalized spacial score (nSPS) is 24.4. The molecular weight excluding hydrogens is 250 g/mol. The minimum Gasteiger partial charge on any atom is -0.492 e. The second-order valence-electron chi connectivity index (χ2n) is 4.85. The summed E-state index contributed by atoms with van der Waals surface area (Å²) >= 11 is 5.81. The quantitative estimate of drug-likeness (QED) is 0.891. The van der Waals surface area contributed by atoms with Gasteiger partial charge in [-0.05, 0) is 43.1 Å².